The van der Waals surface area contributed by atoms with E-state index in [0.717, 1.165) is 65.0 Å². The van der Waals surface area contributed by atoms with Crippen molar-refractivity contribution < 1.29 is 70.5 Å². The summed E-state index contributed by atoms with van der Waals surface area (Å²) in [5.41, 5.74) is 2.61. The normalized spacial score (nSPS) is 16.9. The van der Waals surface area contributed by atoms with Crippen molar-refractivity contribution in [3.63, 3.8) is 0 Å². The van der Waals surface area contributed by atoms with Crippen molar-refractivity contribution in [2.24, 2.45) is 5.41 Å². The fourth-order valence-electron chi connectivity index (χ4n) is 13.6. The Hall–Kier alpha value is -9.04. The van der Waals surface area contributed by atoms with Crippen LogP contribution in [0.15, 0.2) is 164 Å². The molecule has 0 radical (unpaired) electrons. The molecular formula is C89H118Cl2N8O15S. The molecule has 2 aliphatic heterocycles. The molecule has 7 unspecified atom stereocenters. The first-order valence-corrected chi connectivity index (χ1v) is 42.5. The number of halogens is 2. The molecule has 6 aromatic rings. The largest absolute Gasteiger partial charge is 0.497 e. The zero-order valence-electron chi connectivity index (χ0n) is 69.2. The summed E-state index contributed by atoms with van der Waals surface area (Å²) in [6.07, 6.45) is 9.39. The molecule has 4 N–H and O–H groups in total. The molecule has 0 bridgehead atoms. The molecule has 115 heavy (non-hydrogen) atoms. The van der Waals surface area contributed by atoms with Gasteiger partial charge in [-0.25, -0.2) is 32.5 Å². The van der Waals surface area contributed by atoms with Gasteiger partial charge in [-0.15, -0.1) is 11.6 Å². The first-order valence-electron chi connectivity index (χ1n) is 40.2. The lowest BCUT2D eigenvalue weighted by molar-refractivity contribution is -0.181. The number of ether oxygens (including phenoxy) is 4. The fraction of sp³-hybridized carbons (Fsp3) is 0.494. The van der Waals surface area contributed by atoms with Crippen LogP contribution in [0.1, 0.15) is 219 Å². The van der Waals surface area contributed by atoms with E-state index in [2.05, 4.69) is 75.2 Å². The number of nitrogens with zero attached hydrogens (tertiary/aromatic N) is 4. The second-order valence-corrected chi connectivity index (χ2v) is 34.5. The first kappa shape index (κ1) is 93.1. The van der Waals surface area contributed by atoms with Crippen LogP contribution in [-0.4, -0.2) is 148 Å². The average molecular weight is 1640 g/mol. The number of alkyl halides is 2. The summed E-state index contributed by atoms with van der Waals surface area (Å²) in [6, 6.07) is 43.3. The monoisotopic (exact) mass is 1640 g/mol. The number of Topliss-reactive ketones (excluding diaryl/α,β-unsaturated/α-hetero) is 2. The molecule has 2 saturated heterocycles. The Morgan fingerprint density at radius 1 is 0.609 bits per heavy atom. The molecule has 7 atom stereocenters. The summed E-state index contributed by atoms with van der Waals surface area (Å²) in [6.45, 7) is 24.4. The number of hydrogen-bond donors (Lipinski definition) is 4. The maximum absolute atomic E-state index is 15.3. The fourth-order valence-corrected chi connectivity index (χ4v) is 15.8. The van der Waals surface area contributed by atoms with Crippen LogP contribution >= 0.6 is 23.2 Å². The van der Waals surface area contributed by atoms with Crippen LogP contribution in [-0.2, 0) is 72.2 Å². The number of hydrogen-bond acceptors (Lipinski definition) is 15. The Bertz CT molecular complexity index is 4350. The lowest BCUT2D eigenvalue weighted by Gasteiger charge is -2.36. The van der Waals surface area contributed by atoms with Gasteiger partial charge in [0.2, 0.25) is 27.9 Å². The molecule has 8 rings (SSSR count). The van der Waals surface area contributed by atoms with Crippen molar-refractivity contribution in [2.45, 2.75) is 250 Å². The number of ketones is 2. The van der Waals surface area contributed by atoms with E-state index in [1.54, 1.807) is 126 Å². The molecule has 23 nitrogen and oxygen atoms in total. The van der Waals surface area contributed by atoms with Gasteiger partial charge in [-0.2, -0.15) is 0 Å². The molecule has 0 spiro atoms. The van der Waals surface area contributed by atoms with Crippen molar-refractivity contribution in [3.05, 3.63) is 192 Å². The third kappa shape index (κ3) is 23.9. The number of unbranched alkanes of at least 4 members (excludes halogenated alkanes) is 8. The number of rotatable bonds is 44. The molecule has 2 fully saturated rings. The Morgan fingerprint density at radius 2 is 1.15 bits per heavy atom. The van der Waals surface area contributed by atoms with Crippen LogP contribution in [0.3, 0.4) is 0 Å². The number of imide groups is 2. The number of amides is 9. The van der Waals surface area contributed by atoms with Gasteiger partial charge in [-0.05, 0) is 134 Å². The highest BCUT2D eigenvalue weighted by atomic mass is 35.5. The maximum atomic E-state index is 15.3. The van der Waals surface area contributed by atoms with E-state index in [0.29, 0.717) is 40.5 Å². The van der Waals surface area contributed by atoms with E-state index in [-0.39, 0.29) is 67.6 Å². The molecule has 6 aromatic carbocycles. The highest BCUT2D eigenvalue weighted by Gasteiger charge is 2.69. The minimum atomic E-state index is -4.02. The van der Waals surface area contributed by atoms with Gasteiger partial charge in [0.05, 0.1) is 37.4 Å². The summed E-state index contributed by atoms with van der Waals surface area (Å²) in [7, 11) is -2.57. The van der Waals surface area contributed by atoms with Crippen LogP contribution in [0.5, 0.6) is 11.5 Å². The van der Waals surface area contributed by atoms with E-state index in [1.807, 2.05) is 48.5 Å². The van der Waals surface area contributed by atoms with Gasteiger partial charge in [-0.1, -0.05) is 255 Å². The van der Waals surface area contributed by atoms with Crippen molar-refractivity contribution in [2.75, 3.05) is 37.5 Å². The second kappa shape index (κ2) is 42.7. The van der Waals surface area contributed by atoms with Crippen molar-refractivity contribution in [3.8, 4) is 11.5 Å². The van der Waals surface area contributed by atoms with Crippen LogP contribution in [0.25, 0.3) is 0 Å². The average Bonchev–Trinajstić information content (AvgIpc) is 1.56. The lowest BCUT2D eigenvalue weighted by Crippen LogP contribution is -2.67. The summed E-state index contributed by atoms with van der Waals surface area (Å²) in [5.74, 6) is -7.65. The Morgan fingerprint density at radius 3 is 1.67 bits per heavy atom. The molecule has 2 aliphatic rings. The van der Waals surface area contributed by atoms with E-state index in [1.165, 1.54) is 62.0 Å². The highest BCUT2D eigenvalue weighted by molar-refractivity contribution is 7.90. The Kier molecular flexibility index (Phi) is 34.6. The lowest BCUT2D eigenvalue weighted by atomic mass is 9.76. The van der Waals surface area contributed by atoms with E-state index >= 15 is 9.59 Å². The summed E-state index contributed by atoms with van der Waals surface area (Å²) in [5, 5.41) is 6.01. The van der Waals surface area contributed by atoms with Crippen LogP contribution in [0.4, 0.5) is 21.0 Å². The molecule has 9 amide bonds. The standard InChI is InChI=1S/C48H57ClN4O8.C41H61ClN4O7S/c1-10-38(61-39-29-26-34(45(5,6)11-2)30-37(39)46(7,8)12-3)41(55)51-48(60-13-4)43(57)53(44(58)52(48)31-32-20-16-14-17-21-32)47(49,42(56)50-35-22-18-15-19-23-35)40(54)33-24-27-36(59-9)28-25-33;1-6-8-9-10-11-12-13-14-21-26-33(54(51,52)43-29-35(47)44-32-24-19-16-20-25-32)27-28-34(42)36(37(48)41(3,4)5)46-38(49)39(53-7-2)45(40(46)50)30-31-22-17-15-18-23-31/h14-30,38H,10-13,31H2,1-9H3,(H,50,56)(H,51,55);15-20,22-25,33-34,36,39,43H,6-14,21,26-30H2,1-5H3,(H,44,47). The number of nitrogens with one attached hydrogen (secondary N) is 4. The maximum Gasteiger partial charge on any atom is 0.333 e. The molecule has 0 saturated carbocycles. The number of para-hydroxylation sites is 2. The minimum Gasteiger partial charge on any atom is -0.497 e. The zero-order valence-corrected chi connectivity index (χ0v) is 71.5. The van der Waals surface area contributed by atoms with Gasteiger partial charge in [0.1, 0.15) is 17.5 Å². The number of methoxy groups -OCH3 is 1. The predicted octanol–water partition coefficient (Wildman–Crippen LogP) is 17.0. The highest BCUT2D eigenvalue weighted by Crippen LogP contribution is 2.43. The van der Waals surface area contributed by atoms with E-state index in [9.17, 15) is 42.0 Å². The number of benzene rings is 6. The molecule has 0 aromatic heterocycles. The second-order valence-electron chi connectivity index (χ2n) is 31.3. The zero-order chi connectivity index (χ0) is 84.5. The van der Waals surface area contributed by atoms with E-state index < -0.39 is 115 Å². The van der Waals surface area contributed by atoms with Crippen molar-refractivity contribution in [1.29, 1.82) is 0 Å². The molecule has 0 aliphatic carbocycles. The number of sulfonamides is 1. The third-order valence-corrected chi connectivity index (χ3v) is 24.1. The first-order chi connectivity index (χ1) is 54.6. The van der Waals surface area contributed by atoms with Gasteiger partial charge in [-0.3, -0.25) is 48.7 Å². The summed E-state index contributed by atoms with van der Waals surface area (Å²) in [4.78, 5) is 129. The van der Waals surface area contributed by atoms with E-state index in [4.69, 9.17) is 42.1 Å². The summed E-state index contributed by atoms with van der Waals surface area (Å²) < 4.78 is 53.8. The SMILES string of the molecule is CCCCCCCCCCCC(CCC(Cl)C(C(=O)C(C)(C)C)N1C(=O)C(OCC)N(Cc2ccccc2)C1=O)S(=O)(=O)NCC(=O)Nc1ccccc1.CCOC1(NC(=O)C(CC)Oc2ccc(C(C)(C)CC)cc2C(C)(C)CC)C(=O)N(C(Cl)(C(=O)Nc2ccccc2)C(=O)c2ccc(OC)cc2)C(=O)N1Cc1ccccc1. The molecule has 624 valence electrons. The number of urea groups is 2. The van der Waals surface area contributed by atoms with Gasteiger partial charge < -0.3 is 29.6 Å². The van der Waals surface area contributed by atoms with Crippen molar-refractivity contribution in [1.82, 2.24) is 29.6 Å². The Balaban J connectivity index is 0.000000321. The molecule has 26 heteroatoms. The number of anilines is 2. The van der Waals surface area contributed by atoms with Crippen LogP contribution in [0.2, 0.25) is 0 Å². The van der Waals surface area contributed by atoms with Crippen LogP contribution < -0.4 is 30.1 Å². The van der Waals surface area contributed by atoms with Gasteiger partial charge in [0, 0.05) is 41.1 Å². The molecular weight excluding hydrogens is 1520 g/mol. The van der Waals surface area contributed by atoms with Gasteiger partial charge in [0.15, 0.2) is 11.9 Å². The predicted molar refractivity (Wildman–Crippen MR) is 450 cm³/mol. The summed E-state index contributed by atoms with van der Waals surface area (Å²) >= 11 is 14.3. The van der Waals surface area contributed by atoms with Crippen LogP contribution in [0, 0.1) is 5.41 Å². The topological polar surface area (TPSA) is 286 Å². The number of carbonyl (C=O) groups is 9. The Labute approximate surface area is 690 Å². The minimum absolute atomic E-state index is 0.0162. The van der Waals surface area contributed by atoms with Crippen molar-refractivity contribution >= 4 is 97.8 Å². The van der Waals surface area contributed by atoms with Gasteiger partial charge >= 0.3 is 23.8 Å². The quantitative estimate of drug-likeness (QED) is 0.00526. The van der Waals surface area contributed by atoms with Gasteiger partial charge in [0.25, 0.3) is 22.7 Å². The smallest absolute Gasteiger partial charge is 0.333 e. The molecule has 2 heterocycles. The third-order valence-electron chi connectivity index (χ3n) is 21.3. The number of carbonyl (C=O) groups excluding carboxylic acids is 9.